The highest BCUT2D eigenvalue weighted by Gasteiger charge is 2.33. The number of hydrogen-bond donors (Lipinski definition) is 2. The van der Waals surface area contributed by atoms with Crippen LogP contribution in [0.2, 0.25) is 0 Å². The minimum Gasteiger partial charge on any atom is -0.497 e. The predicted octanol–water partition coefficient (Wildman–Crippen LogP) is 3.26. The first-order valence-electron chi connectivity index (χ1n) is 8.65. The molecule has 142 valence electrons. The van der Waals surface area contributed by atoms with Crippen molar-refractivity contribution >= 4 is 23.8 Å². The highest BCUT2D eigenvalue weighted by atomic mass is 32.2. The predicted molar refractivity (Wildman–Crippen MR) is 103 cm³/mol. The summed E-state index contributed by atoms with van der Waals surface area (Å²) in [6.07, 6.45) is 0. The van der Waals surface area contributed by atoms with Gasteiger partial charge in [-0.25, -0.2) is 9.59 Å². The summed E-state index contributed by atoms with van der Waals surface area (Å²) in [4.78, 5) is 24.8. The Morgan fingerprint density at radius 1 is 1.27 bits per heavy atom. The van der Waals surface area contributed by atoms with Gasteiger partial charge in [0.25, 0.3) is 0 Å². The van der Waals surface area contributed by atoms with Crippen molar-refractivity contribution in [1.29, 1.82) is 0 Å². The maximum Gasteiger partial charge on any atom is 0.338 e. The van der Waals surface area contributed by atoms with Crippen LogP contribution in [-0.2, 0) is 9.53 Å². The zero-order chi connectivity index (χ0) is 19.1. The molecule has 0 aliphatic carbocycles. The molecule has 0 saturated carbocycles. The van der Waals surface area contributed by atoms with Gasteiger partial charge in [0, 0.05) is 11.4 Å². The number of hydrogen-bond acceptors (Lipinski definition) is 5. The second kappa shape index (κ2) is 9.52. The lowest BCUT2D eigenvalue weighted by Gasteiger charge is -2.29. The normalized spacial score (nSPS) is 17.0. The van der Waals surface area contributed by atoms with Crippen LogP contribution in [0.1, 0.15) is 32.4 Å². The van der Waals surface area contributed by atoms with E-state index in [0.717, 1.165) is 11.3 Å². The third-order valence-electron chi connectivity index (χ3n) is 3.80. The fourth-order valence-corrected chi connectivity index (χ4v) is 3.65. The molecule has 2 N–H and O–H groups in total. The van der Waals surface area contributed by atoms with Crippen molar-refractivity contribution in [3.05, 3.63) is 41.1 Å². The topological polar surface area (TPSA) is 76.7 Å². The first-order chi connectivity index (χ1) is 12.5. The Labute approximate surface area is 158 Å². The third-order valence-corrected chi connectivity index (χ3v) is 5.19. The van der Waals surface area contributed by atoms with Gasteiger partial charge in [-0.1, -0.05) is 26.0 Å². The van der Waals surface area contributed by atoms with Crippen molar-refractivity contribution in [3.63, 3.8) is 0 Å². The van der Waals surface area contributed by atoms with Crippen molar-refractivity contribution < 1.29 is 19.1 Å². The average Bonchev–Trinajstić information content (AvgIpc) is 2.61. The molecule has 2 rings (SSSR count). The van der Waals surface area contributed by atoms with Gasteiger partial charge < -0.3 is 20.1 Å². The van der Waals surface area contributed by atoms with Crippen LogP contribution in [0.4, 0.5) is 4.79 Å². The molecule has 1 atom stereocenters. The average molecular weight is 378 g/mol. The number of ether oxygens (including phenoxy) is 2. The molecule has 6 nitrogen and oxygen atoms in total. The summed E-state index contributed by atoms with van der Waals surface area (Å²) in [6.45, 7) is 6.31. The van der Waals surface area contributed by atoms with Crippen LogP contribution in [0.3, 0.4) is 0 Å². The number of urea groups is 1. The Hall–Kier alpha value is -2.15. The molecular weight excluding hydrogens is 352 g/mol. The summed E-state index contributed by atoms with van der Waals surface area (Å²) in [7, 11) is 1.59. The van der Waals surface area contributed by atoms with Gasteiger partial charge in [-0.3, -0.25) is 0 Å². The summed E-state index contributed by atoms with van der Waals surface area (Å²) in [5.41, 5.74) is 1.86. The maximum absolute atomic E-state index is 12.6. The highest BCUT2D eigenvalue weighted by molar-refractivity contribution is 7.99. The lowest BCUT2D eigenvalue weighted by molar-refractivity contribution is -0.139. The van der Waals surface area contributed by atoms with Gasteiger partial charge in [0.1, 0.15) is 5.75 Å². The Bertz CT molecular complexity index is 671. The molecule has 1 aromatic carbocycles. The van der Waals surface area contributed by atoms with E-state index in [2.05, 4.69) is 24.5 Å². The third kappa shape index (κ3) is 5.17. The fourth-order valence-electron chi connectivity index (χ4n) is 2.62. The standard InChI is InChI=1S/C19H26N2O4S/c1-5-25-18(22)16-15(11-26-10-12(2)3)20-19(23)21-17(16)13-6-8-14(24-4)9-7-13/h6-9,12,17H,5,10-11H2,1-4H3,(H2,20,21,23). The Balaban J connectivity index is 2.37. The van der Waals surface area contributed by atoms with E-state index in [9.17, 15) is 9.59 Å². The van der Waals surface area contributed by atoms with E-state index in [1.165, 1.54) is 0 Å². The maximum atomic E-state index is 12.6. The Morgan fingerprint density at radius 3 is 2.54 bits per heavy atom. The zero-order valence-electron chi connectivity index (χ0n) is 15.6. The van der Waals surface area contributed by atoms with Crippen LogP contribution in [0.15, 0.2) is 35.5 Å². The lowest BCUT2D eigenvalue weighted by atomic mass is 9.95. The van der Waals surface area contributed by atoms with Crippen LogP contribution in [0.5, 0.6) is 5.75 Å². The van der Waals surface area contributed by atoms with E-state index in [0.29, 0.717) is 28.7 Å². The van der Waals surface area contributed by atoms with Crippen LogP contribution in [0, 0.1) is 5.92 Å². The molecule has 26 heavy (non-hydrogen) atoms. The first kappa shape index (κ1) is 20.2. The second-order valence-electron chi connectivity index (χ2n) is 6.33. The van der Waals surface area contributed by atoms with Gasteiger partial charge in [-0.15, -0.1) is 0 Å². The molecule has 1 aromatic rings. The number of amides is 2. The monoisotopic (exact) mass is 378 g/mol. The number of carbonyl (C=O) groups excluding carboxylic acids is 2. The number of esters is 1. The molecule has 0 radical (unpaired) electrons. The number of rotatable bonds is 8. The van der Waals surface area contributed by atoms with E-state index in [4.69, 9.17) is 9.47 Å². The summed E-state index contributed by atoms with van der Waals surface area (Å²) >= 11 is 1.68. The Morgan fingerprint density at radius 2 is 1.96 bits per heavy atom. The van der Waals surface area contributed by atoms with Gasteiger partial charge in [0.05, 0.1) is 25.3 Å². The number of thioether (sulfide) groups is 1. The molecule has 0 fully saturated rings. The van der Waals surface area contributed by atoms with E-state index in [1.807, 2.05) is 12.1 Å². The van der Waals surface area contributed by atoms with Crippen LogP contribution in [0.25, 0.3) is 0 Å². The molecular formula is C19H26N2O4S. The molecule has 2 amide bonds. The summed E-state index contributed by atoms with van der Waals surface area (Å²) < 4.78 is 10.4. The van der Waals surface area contributed by atoms with Crippen molar-refractivity contribution in [2.45, 2.75) is 26.8 Å². The van der Waals surface area contributed by atoms with Gasteiger partial charge >= 0.3 is 12.0 Å². The van der Waals surface area contributed by atoms with E-state index in [1.54, 1.807) is 37.9 Å². The molecule has 1 aliphatic heterocycles. The second-order valence-corrected chi connectivity index (χ2v) is 7.36. The zero-order valence-corrected chi connectivity index (χ0v) is 16.4. The highest BCUT2D eigenvalue weighted by Crippen LogP contribution is 2.30. The Kier molecular flexibility index (Phi) is 7.38. The van der Waals surface area contributed by atoms with Crippen LogP contribution >= 0.6 is 11.8 Å². The summed E-state index contributed by atoms with van der Waals surface area (Å²) in [5, 5.41) is 5.61. The van der Waals surface area contributed by atoms with Crippen LogP contribution in [-0.4, -0.2) is 37.2 Å². The van der Waals surface area contributed by atoms with Gasteiger partial charge in [-0.2, -0.15) is 11.8 Å². The molecule has 0 spiro atoms. The quantitative estimate of drug-likeness (QED) is 0.679. The molecule has 0 bridgehead atoms. The van der Waals surface area contributed by atoms with Crippen molar-refractivity contribution in [3.8, 4) is 5.75 Å². The lowest BCUT2D eigenvalue weighted by Crippen LogP contribution is -2.46. The molecule has 7 heteroatoms. The van der Waals surface area contributed by atoms with Crippen LogP contribution < -0.4 is 15.4 Å². The van der Waals surface area contributed by atoms with Gasteiger partial charge in [0.2, 0.25) is 0 Å². The largest absolute Gasteiger partial charge is 0.497 e. The minimum absolute atomic E-state index is 0.276. The fraction of sp³-hybridized carbons (Fsp3) is 0.474. The molecule has 0 aromatic heterocycles. The molecule has 1 unspecified atom stereocenters. The molecule has 1 heterocycles. The van der Waals surface area contributed by atoms with E-state index in [-0.39, 0.29) is 12.6 Å². The summed E-state index contributed by atoms with van der Waals surface area (Å²) in [5.74, 6) is 2.31. The number of nitrogens with one attached hydrogen (secondary N) is 2. The molecule has 0 saturated heterocycles. The van der Waals surface area contributed by atoms with Crippen molar-refractivity contribution in [1.82, 2.24) is 10.6 Å². The number of benzene rings is 1. The first-order valence-corrected chi connectivity index (χ1v) is 9.81. The van der Waals surface area contributed by atoms with Gasteiger partial charge in [-0.05, 0) is 36.3 Å². The van der Waals surface area contributed by atoms with E-state index < -0.39 is 12.0 Å². The SMILES string of the molecule is CCOC(=O)C1=C(CSCC(C)C)NC(=O)NC1c1ccc(OC)cc1. The van der Waals surface area contributed by atoms with Crippen molar-refractivity contribution in [2.75, 3.05) is 25.2 Å². The minimum atomic E-state index is -0.552. The number of carbonyl (C=O) groups is 2. The van der Waals surface area contributed by atoms with Gasteiger partial charge in [0.15, 0.2) is 0 Å². The van der Waals surface area contributed by atoms with E-state index >= 15 is 0 Å². The van der Waals surface area contributed by atoms with Crippen molar-refractivity contribution in [2.24, 2.45) is 5.92 Å². The smallest absolute Gasteiger partial charge is 0.338 e. The molecule has 1 aliphatic rings. The number of methoxy groups -OCH3 is 1. The summed E-state index contributed by atoms with van der Waals surface area (Å²) in [6, 6.07) is 6.42.